The molecule has 0 saturated heterocycles. The molecule has 18 heavy (non-hydrogen) atoms. The second-order valence-corrected chi connectivity index (χ2v) is 7.50. The van der Waals surface area contributed by atoms with Crippen molar-refractivity contribution in [1.82, 2.24) is 5.32 Å². The lowest BCUT2D eigenvalue weighted by Crippen LogP contribution is -2.34. The maximum Gasteiger partial charge on any atom is 0.0109 e. The molecule has 1 aliphatic carbocycles. The summed E-state index contributed by atoms with van der Waals surface area (Å²) in [6.45, 7) is 11.6. The van der Waals surface area contributed by atoms with E-state index in [0.29, 0.717) is 5.41 Å². The van der Waals surface area contributed by atoms with Gasteiger partial charge in [-0.3, -0.25) is 0 Å². The lowest BCUT2D eigenvalue weighted by Gasteiger charge is -2.41. The smallest absolute Gasteiger partial charge is 0.0109 e. The first-order valence-electron chi connectivity index (χ1n) is 7.28. The number of rotatable bonds is 4. The van der Waals surface area contributed by atoms with Gasteiger partial charge in [-0.2, -0.15) is 0 Å². The van der Waals surface area contributed by atoms with Crippen molar-refractivity contribution >= 4 is 11.3 Å². The van der Waals surface area contributed by atoms with E-state index < -0.39 is 0 Å². The van der Waals surface area contributed by atoms with Gasteiger partial charge in [0.15, 0.2) is 0 Å². The highest BCUT2D eigenvalue weighted by molar-refractivity contribution is 7.10. The molecule has 1 heterocycles. The molecule has 0 amide bonds. The molecule has 2 rings (SSSR count). The Morgan fingerprint density at radius 2 is 2.22 bits per heavy atom. The van der Waals surface area contributed by atoms with Crippen LogP contribution < -0.4 is 5.32 Å². The fraction of sp³-hybridized carbons (Fsp3) is 0.750. The minimum atomic E-state index is 0.518. The average molecular weight is 265 g/mol. The topological polar surface area (TPSA) is 12.0 Å². The van der Waals surface area contributed by atoms with Crippen LogP contribution >= 0.6 is 11.3 Å². The van der Waals surface area contributed by atoms with Crippen molar-refractivity contribution in [1.29, 1.82) is 0 Å². The number of hydrogen-bond acceptors (Lipinski definition) is 2. The van der Waals surface area contributed by atoms with Crippen LogP contribution in [0.3, 0.4) is 0 Å². The molecule has 1 saturated carbocycles. The van der Waals surface area contributed by atoms with Gasteiger partial charge in [-0.15, -0.1) is 11.3 Å². The largest absolute Gasteiger partial charge is 0.317 e. The molecule has 1 aromatic heterocycles. The molecule has 1 aliphatic rings. The number of nitrogens with one attached hydrogen (secondary N) is 1. The van der Waals surface area contributed by atoms with E-state index in [4.69, 9.17) is 0 Å². The van der Waals surface area contributed by atoms with E-state index in [1.165, 1.54) is 31.4 Å². The Labute approximate surface area is 116 Å². The van der Waals surface area contributed by atoms with Gasteiger partial charge in [0, 0.05) is 4.88 Å². The van der Waals surface area contributed by atoms with Gasteiger partial charge in [0.25, 0.3) is 0 Å². The van der Waals surface area contributed by atoms with E-state index in [2.05, 4.69) is 44.5 Å². The Balaban J connectivity index is 2.17. The highest BCUT2D eigenvalue weighted by atomic mass is 32.1. The summed E-state index contributed by atoms with van der Waals surface area (Å²) in [5.41, 5.74) is 2.02. The summed E-state index contributed by atoms with van der Waals surface area (Å²) in [6, 6.07) is 2.28. The zero-order chi connectivity index (χ0) is 13.2. The van der Waals surface area contributed by atoms with Crippen LogP contribution in [0.4, 0.5) is 0 Å². The maximum atomic E-state index is 3.56. The number of aryl methyl sites for hydroxylation is 1. The van der Waals surface area contributed by atoms with Crippen molar-refractivity contribution in [2.75, 3.05) is 13.1 Å². The van der Waals surface area contributed by atoms with Crippen LogP contribution in [0.1, 0.15) is 56.4 Å². The zero-order valence-corrected chi connectivity index (χ0v) is 13.1. The highest BCUT2D eigenvalue weighted by Crippen LogP contribution is 2.48. The normalized spacial score (nSPS) is 27.3. The number of hydrogen-bond donors (Lipinski definition) is 1. The van der Waals surface area contributed by atoms with Crippen molar-refractivity contribution < 1.29 is 0 Å². The molecule has 0 aromatic carbocycles. The van der Waals surface area contributed by atoms with Crippen molar-refractivity contribution in [3.63, 3.8) is 0 Å². The lowest BCUT2D eigenvalue weighted by atomic mass is 9.66. The monoisotopic (exact) mass is 265 g/mol. The molecule has 1 aromatic rings. The van der Waals surface area contributed by atoms with E-state index in [1.807, 2.05) is 11.3 Å². The van der Waals surface area contributed by atoms with Crippen LogP contribution in [0.2, 0.25) is 0 Å². The Hall–Kier alpha value is -0.340. The first-order chi connectivity index (χ1) is 8.53. The van der Waals surface area contributed by atoms with E-state index in [0.717, 1.165) is 18.4 Å². The highest BCUT2D eigenvalue weighted by Gasteiger charge is 2.36. The molecular weight excluding hydrogens is 238 g/mol. The Morgan fingerprint density at radius 3 is 2.83 bits per heavy atom. The van der Waals surface area contributed by atoms with Gasteiger partial charge < -0.3 is 5.32 Å². The molecule has 1 fully saturated rings. The predicted molar refractivity (Wildman–Crippen MR) is 81.5 cm³/mol. The second kappa shape index (κ2) is 5.75. The molecule has 0 radical (unpaired) electrons. The van der Waals surface area contributed by atoms with E-state index in [9.17, 15) is 0 Å². The third-order valence-electron chi connectivity index (χ3n) is 4.43. The molecule has 0 aliphatic heterocycles. The van der Waals surface area contributed by atoms with E-state index >= 15 is 0 Å². The molecule has 0 bridgehead atoms. The minimum Gasteiger partial charge on any atom is -0.317 e. The predicted octanol–water partition coefficient (Wildman–Crippen LogP) is 4.58. The molecule has 2 heteroatoms. The van der Waals surface area contributed by atoms with E-state index in [-0.39, 0.29) is 0 Å². The second-order valence-electron chi connectivity index (χ2n) is 6.55. The maximum absolute atomic E-state index is 3.56. The molecule has 1 N–H and O–H groups in total. The molecule has 1 nitrogen and oxygen atoms in total. The van der Waals surface area contributed by atoms with E-state index in [1.54, 1.807) is 4.88 Å². The van der Waals surface area contributed by atoms with Gasteiger partial charge in [-0.1, -0.05) is 20.8 Å². The Bertz CT molecular complexity index is 380. The Morgan fingerprint density at radius 1 is 1.44 bits per heavy atom. The summed E-state index contributed by atoms with van der Waals surface area (Å²) in [7, 11) is 0. The van der Waals surface area contributed by atoms with Crippen molar-refractivity contribution in [2.45, 2.75) is 52.9 Å². The Kier molecular flexibility index (Phi) is 4.50. The summed E-state index contributed by atoms with van der Waals surface area (Å²) in [4.78, 5) is 1.64. The summed E-state index contributed by atoms with van der Waals surface area (Å²) < 4.78 is 0. The summed E-state index contributed by atoms with van der Waals surface area (Å²) >= 11 is 1.97. The van der Waals surface area contributed by atoms with Crippen LogP contribution in [0.5, 0.6) is 0 Å². The minimum absolute atomic E-state index is 0.518. The first-order valence-corrected chi connectivity index (χ1v) is 8.16. The van der Waals surface area contributed by atoms with Crippen LogP contribution in [-0.4, -0.2) is 13.1 Å². The molecule has 102 valence electrons. The quantitative estimate of drug-likeness (QED) is 0.840. The van der Waals surface area contributed by atoms with Crippen molar-refractivity contribution in [3.05, 3.63) is 21.9 Å². The van der Waals surface area contributed by atoms with Gasteiger partial charge in [0.1, 0.15) is 0 Å². The third kappa shape index (κ3) is 3.16. The molecule has 2 atom stereocenters. The fourth-order valence-electron chi connectivity index (χ4n) is 3.29. The van der Waals surface area contributed by atoms with Crippen LogP contribution in [0.15, 0.2) is 11.4 Å². The molecule has 2 unspecified atom stereocenters. The fourth-order valence-corrected chi connectivity index (χ4v) is 4.41. The SMILES string of the molecule is CCNCC1CCC(C)(C)CC1c1sccc1C. The zero-order valence-electron chi connectivity index (χ0n) is 12.3. The van der Waals surface area contributed by atoms with Crippen LogP contribution in [0.25, 0.3) is 0 Å². The number of thiophene rings is 1. The van der Waals surface area contributed by atoms with Gasteiger partial charge >= 0.3 is 0 Å². The summed E-state index contributed by atoms with van der Waals surface area (Å²) in [6.07, 6.45) is 4.11. The molecule has 0 spiro atoms. The average Bonchev–Trinajstić information content (AvgIpc) is 2.73. The van der Waals surface area contributed by atoms with Crippen molar-refractivity contribution in [2.24, 2.45) is 11.3 Å². The summed E-state index contributed by atoms with van der Waals surface area (Å²) in [5.74, 6) is 1.60. The standard InChI is InChI=1S/C16H27NS/c1-5-17-11-13-6-8-16(3,4)10-14(13)15-12(2)7-9-18-15/h7,9,13-14,17H,5-6,8,10-11H2,1-4H3. The van der Waals surface area contributed by atoms with Gasteiger partial charge in [0.2, 0.25) is 0 Å². The van der Waals surface area contributed by atoms with Gasteiger partial charge in [-0.25, -0.2) is 0 Å². The molecular formula is C16H27NS. The van der Waals surface area contributed by atoms with Gasteiger partial charge in [-0.05, 0) is 73.5 Å². The third-order valence-corrected chi connectivity index (χ3v) is 5.58. The van der Waals surface area contributed by atoms with Gasteiger partial charge in [0.05, 0.1) is 0 Å². The lowest BCUT2D eigenvalue weighted by molar-refractivity contribution is 0.161. The van der Waals surface area contributed by atoms with Crippen LogP contribution in [0, 0.1) is 18.3 Å². The first kappa shape index (κ1) is 14.1. The van der Waals surface area contributed by atoms with Crippen LogP contribution in [-0.2, 0) is 0 Å². The summed E-state index contributed by atoms with van der Waals surface area (Å²) in [5, 5.41) is 5.82. The van der Waals surface area contributed by atoms with Crippen molar-refractivity contribution in [3.8, 4) is 0 Å².